The van der Waals surface area contributed by atoms with Crippen molar-refractivity contribution in [2.45, 2.75) is 23.2 Å². The van der Waals surface area contributed by atoms with Crippen molar-refractivity contribution < 1.29 is 26.4 Å². The van der Waals surface area contributed by atoms with Gasteiger partial charge in [-0.1, -0.05) is 30.3 Å². The van der Waals surface area contributed by atoms with Crippen molar-refractivity contribution in [1.29, 1.82) is 0 Å². The SMILES string of the molecule is O=C(CNc1ccccc1S(=O)(=O)C(F)(F)F)N1CCCc2ccccc21. The Bertz CT molecular complexity index is 958. The lowest BCUT2D eigenvalue weighted by molar-refractivity contribution is -0.117. The number of fused-ring (bicyclic) bond motifs is 1. The maximum atomic E-state index is 12.9. The number of carbonyl (C=O) groups excluding carboxylic acids is 1. The molecule has 5 nitrogen and oxygen atoms in total. The number of rotatable bonds is 4. The van der Waals surface area contributed by atoms with Crippen molar-refractivity contribution in [3.8, 4) is 0 Å². The molecule has 0 aromatic heterocycles. The van der Waals surface area contributed by atoms with E-state index in [4.69, 9.17) is 0 Å². The first-order chi connectivity index (χ1) is 12.7. The smallest absolute Gasteiger partial charge is 0.375 e. The maximum absolute atomic E-state index is 12.9. The van der Waals surface area contributed by atoms with Gasteiger partial charge in [0.2, 0.25) is 5.91 Å². The largest absolute Gasteiger partial charge is 0.501 e. The third-order valence-corrected chi connectivity index (χ3v) is 5.87. The molecular formula is C18H17F3N2O3S. The highest BCUT2D eigenvalue weighted by Gasteiger charge is 2.47. The molecule has 3 rings (SSSR count). The van der Waals surface area contributed by atoms with Gasteiger partial charge in [0.15, 0.2) is 0 Å². The zero-order chi connectivity index (χ0) is 19.7. The van der Waals surface area contributed by atoms with Crippen LogP contribution in [0.25, 0.3) is 0 Å². The number of sulfone groups is 1. The summed E-state index contributed by atoms with van der Waals surface area (Å²) in [5, 5.41) is 2.55. The Labute approximate surface area is 154 Å². The molecule has 2 aromatic rings. The minimum atomic E-state index is -5.52. The summed E-state index contributed by atoms with van der Waals surface area (Å²) < 4.78 is 62.0. The molecule has 144 valence electrons. The second-order valence-electron chi connectivity index (χ2n) is 6.08. The van der Waals surface area contributed by atoms with E-state index in [-0.39, 0.29) is 18.1 Å². The van der Waals surface area contributed by atoms with Gasteiger partial charge in [0.25, 0.3) is 9.84 Å². The number of anilines is 2. The van der Waals surface area contributed by atoms with Gasteiger partial charge in [0.1, 0.15) is 0 Å². The lowest BCUT2D eigenvalue weighted by Gasteiger charge is -2.29. The van der Waals surface area contributed by atoms with Gasteiger partial charge in [-0.3, -0.25) is 4.79 Å². The fraction of sp³-hybridized carbons (Fsp3) is 0.278. The normalized spacial score (nSPS) is 14.6. The van der Waals surface area contributed by atoms with Crippen LogP contribution in [0.15, 0.2) is 53.4 Å². The van der Waals surface area contributed by atoms with Gasteiger partial charge in [-0.25, -0.2) is 8.42 Å². The standard InChI is InChI=1S/C18H17F3N2O3S/c19-18(20,21)27(25,26)16-10-4-2-8-14(16)22-12-17(24)23-11-5-7-13-6-1-3-9-15(13)23/h1-4,6,8-10,22H,5,7,11-12H2. The van der Waals surface area contributed by atoms with E-state index in [2.05, 4.69) is 5.32 Å². The number of alkyl halides is 3. The molecule has 0 spiro atoms. The number of nitrogens with one attached hydrogen (secondary N) is 1. The topological polar surface area (TPSA) is 66.5 Å². The second kappa shape index (κ2) is 7.22. The number of para-hydroxylation sites is 2. The molecule has 9 heteroatoms. The van der Waals surface area contributed by atoms with Crippen LogP contribution in [0.4, 0.5) is 24.5 Å². The molecule has 0 atom stereocenters. The molecule has 1 aliphatic heterocycles. The fourth-order valence-corrected chi connectivity index (χ4v) is 3.97. The van der Waals surface area contributed by atoms with Crippen molar-refractivity contribution in [1.82, 2.24) is 0 Å². The summed E-state index contributed by atoms with van der Waals surface area (Å²) in [4.78, 5) is 13.2. The van der Waals surface area contributed by atoms with E-state index in [1.165, 1.54) is 18.2 Å². The third kappa shape index (κ3) is 3.78. The summed E-state index contributed by atoms with van der Waals surface area (Å²) in [6.07, 6.45) is 1.63. The first-order valence-electron chi connectivity index (χ1n) is 8.24. The van der Waals surface area contributed by atoms with Crippen molar-refractivity contribution in [2.24, 2.45) is 0 Å². The Morgan fingerprint density at radius 3 is 2.48 bits per heavy atom. The predicted molar refractivity (Wildman–Crippen MR) is 95.3 cm³/mol. The van der Waals surface area contributed by atoms with Crippen LogP contribution in [0.1, 0.15) is 12.0 Å². The number of hydrogen-bond acceptors (Lipinski definition) is 4. The molecule has 1 amide bonds. The Morgan fingerprint density at radius 1 is 1.07 bits per heavy atom. The Balaban J connectivity index is 1.80. The van der Waals surface area contributed by atoms with Gasteiger partial charge in [-0.2, -0.15) is 13.2 Å². The fourth-order valence-electron chi connectivity index (χ4n) is 3.03. The molecule has 1 heterocycles. The molecule has 0 aliphatic carbocycles. The quantitative estimate of drug-likeness (QED) is 0.858. The number of amides is 1. The van der Waals surface area contributed by atoms with Crippen LogP contribution in [-0.2, 0) is 21.1 Å². The lowest BCUT2D eigenvalue weighted by atomic mass is 10.0. The van der Waals surface area contributed by atoms with E-state index in [1.807, 2.05) is 24.3 Å². The van der Waals surface area contributed by atoms with E-state index in [9.17, 15) is 26.4 Å². The monoisotopic (exact) mass is 398 g/mol. The predicted octanol–water partition coefficient (Wildman–Crippen LogP) is 3.37. The average molecular weight is 398 g/mol. The first kappa shape index (κ1) is 19.2. The van der Waals surface area contributed by atoms with Gasteiger partial charge >= 0.3 is 5.51 Å². The number of benzene rings is 2. The number of halogens is 3. The van der Waals surface area contributed by atoms with Gasteiger partial charge in [0, 0.05) is 12.2 Å². The van der Waals surface area contributed by atoms with Crippen molar-refractivity contribution in [3.63, 3.8) is 0 Å². The lowest BCUT2D eigenvalue weighted by Crippen LogP contribution is -2.39. The molecule has 0 radical (unpaired) electrons. The molecule has 0 fully saturated rings. The van der Waals surface area contributed by atoms with Crippen LogP contribution in [0.3, 0.4) is 0 Å². The number of hydrogen-bond donors (Lipinski definition) is 1. The summed E-state index contributed by atoms with van der Waals surface area (Å²) in [7, 11) is -5.52. The molecule has 0 saturated heterocycles. The number of aryl methyl sites for hydroxylation is 1. The molecule has 0 bridgehead atoms. The van der Waals surface area contributed by atoms with Gasteiger partial charge < -0.3 is 10.2 Å². The van der Waals surface area contributed by atoms with Crippen LogP contribution in [-0.4, -0.2) is 32.9 Å². The number of nitrogens with zero attached hydrogens (tertiary/aromatic N) is 1. The van der Waals surface area contributed by atoms with Crippen LogP contribution < -0.4 is 10.2 Å². The van der Waals surface area contributed by atoms with E-state index >= 15 is 0 Å². The minimum absolute atomic E-state index is 0.256. The first-order valence-corrected chi connectivity index (χ1v) is 9.72. The molecule has 0 saturated carbocycles. The molecule has 1 N–H and O–H groups in total. The highest BCUT2D eigenvalue weighted by atomic mass is 32.2. The summed E-state index contributed by atoms with van der Waals surface area (Å²) >= 11 is 0. The summed E-state index contributed by atoms with van der Waals surface area (Å²) in [5.74, 6) is -0.346. The van der Waals surface area contributed by atoms with Gasteiger partial charge in [-0.05, 0) is 36.6 Å². The average Bonchev–Trinajstić information content (AvgIpc) is 2.65. The van der Waals surface area contributed by atoms with Crippen molar-refractivity contribution in [3.05, 3.63) is 54.1 Å². The molecule has 2 aromatic carbocycles. The second-order valence-corrected chi connectivity index (χ2v) is 7.99. The zero-order valence-electron chi connectivity index (χ0n) is 14.2. The zero-order valence-corrected chi connectivity index (χ0v) is 15.0. The highest BCUT2D eigenvalue weighted by Crippen LogP contribution is 2.34. The number of carbonyl (C=O) groups is 1. The molecule has 27 heavy (non-hydrogen) atoms. The Hall–Kier alpha value is -2.55. The van der Waals surface area contributed by atoms with E-state index in [1.54, 1.807) is 4.90 Å². The van der Waals surface area contributed by atoms with Crippen LogP contribution in [0.2, 0.25) is 0 Å². The van der Waals surface area contributed by atoms with Gasteiger partial charge in [0.05, 0.1) is 17.1 Å². The van der Waals surface area contributed by atoms with E-state index in [0.717, 1.165) is 30.2 Å². The maximum Gasteiger partial charge on any atom is 0.501 e. The van der Waals surface area contributed by atoms with Gasteiger partial charge in [-0.15, -0.1) is 0 Å². The Kier molecular flexibility index (Phi) is 5.14. The Morgan fingerprint density at radius 2 is 1.74 bits per heavy atom. The van der Waals surface area contributed by atoms with Crippen molar-refractivity contribution in [2.75, 3.05) is 23.3 Å². The van der Waals surface area contributed by atoms with Crippen LogP contribution in [0.5, 0.6) is 0 Å². The molecule has 1 aliphatic rings. The van der Waals surface area contributed by atoms with E-state index < -0.39 is 20.2 Å². The molecule has 0 unspecified atom stereocenters. The summed E-state index contributed by atoms with van der Waals surface area (Å²) in [6, 6.07) is 12.1. The summed E-state index contributed by atoms with van der Waals surface area (Å²) in [5.41, 5.74) is -3.88. The minimum Gasteiger partial charge on any atom is -0.375 e. The van der Waals surface area contributed by atoms with Crippen LogP contribution in [0, 0.1) is 0 Å². The summed E-state index contributed by atoms with van der Waals surface area (Å²) in [6.45, 7) is 0.179. The van der Waals surface area contributed by atoms with E-state index in [0.29, 0.717) is 6.54 Å². The highest BCUT2D eigenvalue weighted by molar-refractivity contribution is 7.92. The third-order valence-electron chi connectivity index (χ3n) is 4.32. The van der Waals surface area contributed by atoms with Crippen molar-refractivity contribution >= 4 is 27.1 Å². The molecular weight excluding hydrogens is 381 g/mol. The van der Waals surface area contributed by atoms with Crippen LogP contribution >= 0.6 is 0 Å².